The third kappa shape index (κ3) is 1.25. The molecular formula is C17H13S+. The first-order chi connectivity index (χ1) is 8.84. The molecule has 4 aromatic rings. The van der Waals surface area contributed by atoms with Crippen LogP contribution in [0.1, 0.15) is 0 Å². The molecule has 1 atom stereocenters. The van der Waals surface area contributed by atoms with Gasteiger partial charge in [0, 0.05) is 16.8 Å². The molecule has 0 N–H and O–H groups in total. The van der Waals surface area contributed by atoms with Gasteiger partial charge in [-0.25, -0.2) is 0 Å². The van der Waals surface area contributed by atoms with Gasteiger partial charge < -0.3 is 0 Å². The molecule has 0 radical (unpaired) electrons. The van der Waals surface area contributed by atoms with Crippen LogP contribution in [0.2, 0.25) is 0 Å². The summed E-state index contributed by atoms with van der Waals surface area (Å²) in [6, 6.07) is 20.0. The van der Waals surface area contributed by atoms with Crippen LogP contribution in [0, 0.1) is 0 Å². The Morgan fingerprint density at radius 1 is 0.722 bits per heavy atom. The van der Waals surface area contributed by atoms with Crippen molar-refractivity contribution in [2.45, 2.75) is 0 Å². The molecule has 0 saturated carbocycles. The number of benzene rings is 3. The zero-order chi connectivity index (χ0) is 12.1. The molecule has 0 bridgehead atoms. The molecule has 0 nitrogen and oxygen atoms in total. The van der Waals surface area contributed by atoms with Crippen LogP contribution >= 0.6 is 10.5 Å². The van der Waals surface area contributed by atoms with E-state index in [9.17, 15) is 0 Å². The lowest BCUT2D eigenvalue weighted by Gasteiger charge is -2.04. The van der Waals surface area contributed by atoms with Crippen molar-refractivity contribution in [2.24, 2.45) is 6.26 Å². The molecule has 1 unspecified atom stereocenters. The molecule has 1 heterocycles. The summed E-state index contributed by atoms with van der Waals surface area (Å²) in [4.78, 5) is 0. The number of thiophene rings is 1. The van der Waals surface area contributed by atoms with E-state index >= 15 is 0 Å². The highest BCUT2D eigenvalue weighted by Gasteiger charge is 2.12. The average Bonchev–Trinajstić information content (AvgIpc) is 2.80. The predicted octanol–water partition coefficient (Wildman–Crippen LogP) is 5.43. The predicted molar refractivity (Wildman–Crippen MR) is 82.4 cm³/mol. The number of hydrogen-bond acceptors (Lipinski definition) is 0. The van der Waals surface area contributed by atoms with Crippen LogP contribution < -0.4 is 0 Å². The quantitative estimate of drug-likeness (QED) is 0.288. The van der Waals surface area contributed by atoms with E-state index in [0.29, 0.717) is 0 Å². The Morgan fingerprint density at radius 3 is 2.44 bits per heavy atom. The molecule has 0 aliphatic carbocycles. The number of rotatable bonds is 0. The summed E-state index contributed by atoms with van der Waals surface area (Å²) in [5.41, 5.74) is 0. The fourth-order valence-corrected chi connectivity index (χ4v) is 4.08. The third-order valence-electron chi connectivity index (χ3n) is 3.70. The molecule has 1 aromatic heterocycles. The number of fused-ring (bicyclic) bond motifs is 5. The van der Waals surface area contributed by atoms with E-state index < -0.39 is 0 Å². The summed E-state index contributed by atoms with van der Waals surface area (Å²) in [6.45, 7) is 0. The zero-order valence-corrected chi connectivity index (χ0v) is 11.0. The Balaban J connectivity index is 2.38. The summed E-state index contributed by atoms with van der Waals surface area (Å²) in [5.74, 6) is 0. The van der Waals surface area contributed by atoms with Crippen molar-refractivity contribution in [1.82, 2.24) is 0 Å². The van der Waals surface area contributed by atoms with Gasteiger partial charge in [-0.2, -0.15) is 0 Å². The normalized spacial score (nSPS) is 12.6. The lowest BCUT2D eigenvalue weighted by molar-refractivity contribution is 1.80. The summed E-state index contributed by atoms with van der Waals surface area (Å²) in [7, 11) is 0.273. The molecule has 18 heavy (non-hydrogen) atoms. The molecule has 0 spiro atoms. The largest absolute Gasteiger partial charge is 0.180 e. The van der Waals surface area contributed by atoms with Crippen LogP contribution in [0.25, 0.3) is 31.6 Å². The van der Waals surface area contributed by atoms with Gasteiger partial charge in [0.05, 0.1) is 0 Å². The Kier molecular flexibility index (Phi) is 2.00. The molecule has 86 valence electrons. The van der Waals surface area contributed by atoms with Crippen molar-refractivity contribution >= 4 is 42.1 Å². The zero-order valence-electron chi connectivity index (χ0n) is 10.2. The lowest BCUT2D eigenvalue weighted by atomic mass is 10.00. The fourth-order valence-electron chi connectivity index (χ4n) is 2.80. The molecule has 0 aliphatic heterocycles. The van der Waals surface area contributed by atoms with Crippen LogP contribution in [0.4, 0.5) is 0 Å². The van der Waals surface area contributed by atoms with E-state index in [-0.39, 0.29) is 10.5 Å². The summed E-state index contributed by atoms with van der Waals surface area (Å²) < 4.78 is 1.49. The highest BCUT2D eigenvalue weighted by molar-refractivity contribution is 7.34. The van der Waals surface area contributed by atoms with Gasteiger partial charge in [0.1, 0.15) is 11.6 Å². The van der Waals surface area contributed by atoms with Crippen LogP contribution in [0.15, 0.2) is 60.0 Å². The van der Waals surface area contributed by atoms with E-state index in [2.05, 4.69) is 66.2 Å². The molecular weight excluding hydrogens is 236 g/mol. The number of aryl methyl sites for hydroxylation is 1. The van der Waals surface area contributed by atoms with Crippen molar-refractivity contribution in [3.8, 4) is 0 Å². The average molecular weight is 249 g/mol. The third-order valence-corrected chi connectivity index (χ3v) is 5.29. The van der Waals surface area contributed by atoms with Gasteiger partial charge in [0.25, 0.3) is 0 Å². The summed E-state index contributed by atoms with van der Waals surface area (Å²) >= 11 is 0. The van der Waals surface area contributed by atoms with Crippen molar-refractivity contribution < 1.29 is 0 Å². The minimum atomic E-state index is 0.273. The van der Waals surface area contributed by atoms with Crippen LogP contribution in [0.3, 0.4) is 0 Å². The summed E-state index contributed by atoms with van der Waals surface area (Å²) in [5, 5.41) is 9.21. The van der Waals surface area contributed by atoms with Gasteiger partial charge in [-0.05, 0) is 38.8 Å². The maximum Gasteiger partial charge on any atom is 0.180 e. The number of hydrogen-bond donors (Lipinski definition) is 0. The van der Waals surface area contributed by atoms with Crippen molar-refractivity contribution in [1.29, 1.82) is 0 Å². The second kappa shape index (κ2) is 3.56. The van der Waals surface area contributed by atoms with Crippen LogP contribution in [-0.4, -0.2) is 0 Å². The second-order valence-corrected chi connectivity index (χ2v) is 6.55. The monoisotopic (exact) mass is 249 g/mol. The van der Waals surface area contributed by atoms with E-state index in [1.165, 1.54) is 31.6 Å². The standard InChI is InChI=1S/C17H13S/c1-18-11-10-15-16(18)9-8-13-7-6-12-4-2-3-5-14(12)17(13)15/h2-11H,1H3/q+1. The molecule has 0 fully saturated rings. The Morgan fingerprint density at radius 2 is 1.50 bits per heavy atom. The smallest absolute Gasteiger partial charge is 0.0616 e. The van der Waals surface area contributed by atoms with E-state index in [4.69, 9.17) is 0 Å². The topological polar surface area (TPSA) is 0 Å². The molecule has 3 aromatic carbocycles. The highest BCUT2D eigenvalue weighted by atomic mass is 32.2. The molecule has 0 amide bonds. The maximum absolute atomic E-state index is 2.33. The maximum atomic E-state index is 2.33. The van der Waals surface area contributed by atoms with Crippen LogP contribution in [0.5, 0.6) is 0 Å². The van der Waals surface area contributed by atoms with Crippen LogP contribution in [-0.2, 0) is 6.26 Å². The van der Waals surface area contributed by atoms with E-state index in [1.807, 2.05) is 0 Å². The van der Waals surface area contributed by atoms with E-state index in [0.717, 1.165) is 0 Å². The second-order valence-electron chi connectivity index (χ2n) is 4.72. The summed E-state index contributed by atoms with van der Waals surface area (Å²) in [6.07, 6.45) is 2.29. The van der Waals surface area contributed by atoms with Crippen molar-refractivity contribution in [3.05, 3.63) is 60.0 Å². The molecule has 0 aliphatic rings. The first kappa shape index (κ1) is 10.1. The van der Waals surface area contributed by atoms with Crippen molar-refractivity contribution in [3.63, 3.8) is 0 Å². The first-order valence-corrected chi connectivity index (χ1v) is 7.81. The van der Waals surface area contributed by atoms with Gasteiger partial charge in [-0.15, -0.1) is 0 Å². The van der Waals surface area contributed by atoms with Gasteiger partial charge in [0.15, 0.2) is 4.70 Å². The minimum absolute atomic E-state index is 0.273. The highest BCUT2D eigenvalue weighted by Crippen LogP contribution is 2.37. The van der Waals surface area contributed by atoms with Gasteiger partial charge in [-0.1, -0.05) is 36.4 Å². The Bertz CT molecular complexity index is 884. The lowest BCUT2D eigenvalue weighted by Crippen LogP contribution is -1.78. The van der Waals surface area contributed by atoms with Gasteiger partial charge in [-0.3, -0.25) is 0 Å². The Hall–Kier alpha value is -1.86. The van der Waals surface area contributed by atoms with E-state index in [1.54, 1.807) is 0 Å². The molecule has 0 saturated heterocycles. The van der Waals surface area contributed by atoms with Gasteiger partial charge in [0.2, 0.25) is 0 Å². The first-order valence-electron chi connectivity index (χ1n) is 6.12. The minimum Gasteiger partial charge on any atom is -0.0616 e. The fraction of sp³-hybridized carbons (Fsp3) is 0.0588. The SMILES string of the molecule is C[s+]1ccc2c3c(ccc4ccccc43)ccc21. The molecule has 1 heteroatoms. The van der Waals surface area contributed by atoms with Gasteiger partial charge >= 0.3 is 0 Å². The Labute approximate surface area is 108 Å². The molecule has 4 rings (SSSR count). The van der Waals surface area contributed by atoms with Crippen molar-refractivity contribution in [2.75, 3.05) is 0 Å².